The van der Waals surface area contributed by atoms with Crippen LogP contribution in [0.5, 0.6) is 0 Å². The largest absolute Gasteiger partial charge is 0.450 e. The molecule has 0 saturated heterocycles. The molecule has 0 aliphatic heterocycles. The van der Waals surface area contributed by atoms with E-state index in [1.54, 1.807) is 10.9 Å². The van der Waals surface area contributed by atoms with E-state index in [2.05, 4.69) is 25.8 Å². The van der Waals surface area contributed by atoms with E-state index in [-0.39, 0.29) is 28.0 Å². The first-order valence-corrected chi connectivity index (χ1v) is 8.07. The summed E-state index contributed by atoms with van der Waals surface area (Å²) in [6.45, 7) is 3.50. The fourth-order valence-corrected chi connectivity index (χ4v) is 3.57. The number of hydrogen-bond acceptors (Lipinski definition) is 5. The molecule has 2 heterocycles. The molecular formula is C11H14BrN3O4S. The van der Waals surface area contributed by atoms with Gasteiger partial charge in [-0.15, -0.1) is 0 Å². The molecule has 7 nitrogen and oxygen atoms in total. The summed E-state index contributed by atoms with van der Waals surface area (Å²) in [6.07, 6.45) is 3.03. The van der Waals surface area contributed by atoms with Gasteiger partial charge in [0.05, 0.1) is 11.9 Å². The average Bonchev–Trinajstić information content (AvgIpc) is 2.95. The van der Waals surface area contributed by atoms with Crippen LogP contribution in [0.25, 0.3) is 0 Å². The minimum absolute atomic E-state index is 0.0466. The second kappa shape index (κ2) is 5.58. The molecule has 0 spiro atoms. The van der Waals surface area contributed by atoms with E-state index in [0.717, 1.165) is 0 Å². The van der Waals surface area contributed by atoms with Gasteiger partial charge < -0.3 is 9.52 Å². The van der Waals surface area contributed by atoms with Crippen LogP contribution in [0.15, 0.2) is 32.4 Å². The lowest BCUT2D eigenvalue weighted by molar-refractivity contribution is 0.245. The van der Waals surface area contributed by atoms with Crippen molar-refractivity contribution in [3.63, 3.8) is 0 Å². The van der Waals surface area contributed by atoms with Crippen LogP contribution >= 0.6 is 15.9 Å². The normalized spacial score (nSPS) is 12.1. The molecule has 2 aromatic rings. The van der Waals surface area contributed by atoms with E-state index in [1.807, 2.05) is 13.8 Å². The van der Waals surface area contributed by atoms with E-state index in [4.69, 9.17) is 9.52 Å². The van der Waals surface area contributed by atoms with Crippen molar-refractivity contribution in [1.29, 1.82) is 0 Å². The molecule has 0 amide bonds. The second-order valence-corrected chi connectivity index (χ2v) is 6.79. The summed E-state index contributed by atoms with van der Waals surface area (Å²) in [5.41, 5.74) is 0.359. The van der Waals surface area contributed by atoms with Crippen LogP contribution in [-0.4, -0.2) is 23.3 Å². The maximum absolute atomic E-state index is 12.2. The van der Waals surface area contributed by atoms with E-state index in [0.29, 0.717) is 5.69 Å². The van der Waals surface area contributed by atoms with Crippen LogP contribution in [-0.2, 0) is 16.6 Å². The lowest BCUT2D eigenvalue weighted by Gasteiger charge is -2.05. The molecule has 0 atom stereocenters. The zero-order chi connectivity index (χ0) is 14.9. The van der Waals surface area contributed by atoms with Crippen LogP contribution in [0.1, 0.15) is 25.6 Å². The van der Waals surface area contributed by atoms with Gasteiger partial charge in [-0.3, -0.25) is 9.40 Å². The number of aliphatic hydroxyl groups excluding tert-OH is 1. The van der Waals surface area contributed by atoms with E-state index in [9.17, 15) is 8.42 Å². The molecule has 2 N–H and O–H groups in total. The van der Waals surface area contributed by atoms with Crippen molar-refractivity contribution in [3.8, 4) is 0 Å². The fraction of sp³-hybridized carbons (Fsp3) is 0.364. The highest BCUT2D eigenvalue weighted by atomic mass is 79.9. The van der Waals surface area contributed by atoms with Crippen molar-refractivity contribution in [2.75, 3.05) is 4.72 Å². The van der Waals surface area contributed by atoms with Crippen molar-refractivity contribution in [2.24, 2.45) is 0 Å². The highest BCUT2D eigenvalue weighted by molar-refractivity contribution is 9.10. The number of hydrogen-bond donors (Lipinski definition) is 2. The van der Waals surface area contributed by atoms with Gasteiger partial charge in [-0.05, 0) is 29.8 Å². The number of sulfonamides is 1. The first kappa shape index (κ1) is 15.1. The lowest BCUT2D eigenvalue weighted by Crippen LogP contribution is -2.12. The van der Waals surface area contributed by atoms with Gasteiger partial charge in [-0.2, -0.15) is 5.10 Å². The van der Waals surface area contributed by atoms with E-state index >= 15 is 0 Å². The number of anilines is 1. The first-order valence-electron chi connectivity index (χ1n) is 5.79. The van der Waals surface area contributed by atoms with Crippen molar-refractivity contribution in [1.82, 2.24) is 9.78 Å². The number of nitrogens with one attached hydrogen (secondary N) is 1. The zero-order valence-corrected chi connectivity index (χ0v) is 13.3. The minimum atomic E-state index is -3.80. The highest BCUT2D eigenvalue weighted by Gasteiger charge is 2.23. The number of aliphatic hydroxyl groups is 1. The number of rotatable bonds is 5. The molecule has 2 rings (SSSR count). The van der Waals surface area contributed by atoms with Gasteiger partial charge >= 0.3 is 0 Å². The number of halogens is 1. The Kier molecular flexibility index (Phi) is 4.21. The molecule has 0 saturated carbocycles. The summed E-state index contributed by atoms with van der Waals surface area (Å²) in [5.74, 6) is 0.162. The topological polar surface area (TPSA) is 97.4 Å². The first-order chi connectivity index (χ1) is 9.33. The summed E-state index contributed by atoms with van der Waals surface area (Å²) in [4.78, 5) is -0.0705. The standard InChI is InChI=1S/C11H14BrN3O4S/c1-7(2)15-5-8(4-13-15)14-20(17,18)10-3-9(6-16)19-11(10)12/h3-5,7,14,16H,6H2,1-2H3. The quantitative estimate of drug-likeness (QED) is 0.847. The Bertz CT molecular complexity index is 705. The Morgan fingerprint density at radius 2 is 2.25 bits per heavy atom. The molecule has 0 aliphatic carbocycles. The van der Waals surface area contributed by atoms with Crippen LogP contribution < -0.4 is 4.72 Å². The molecule has 0 aliphatic rings. The average molecular weight is 364 g/mol. The third-order valence-corrected chi connectivity index (χ3v) is 4.77. The number of furan rings is 1. The Morgan fingerprint density at radius 3 is 2.75 bits per heavy atom. The van der Waals surface area contributed by atoms with Crippen molar-refractivity contribution >= 4 is 31.6 Å². The Morgan fingerprint density at radius 1 is 1.55 bits per heavy atom. The van der Waals surface area contributed by atoms with Crippen LogP contribution in [0.2, 0.25) is 0 Å². The number of aromatic nitrogens is 2. The smallest absolute Gasteiger partial charge is 0.266 e. The van der Waals surface area contributed by atoms with E-state index in [1.165, 1.54) is 12.3 Å². The predicted molar refractivity (Wildman–Crippen MR) is 75.8 cm³/mol. The molecule has 20 heavy (non-hydrogen) atoms. The maximum atomic E-state index is 12.2. The zero-order valence-electron chi connectivity index (χ0n) is 10.9. The third kappa shape index (κ3) is 3.05. The van der Waals surface area contributed by atoms with Crippen molar-refractivity contribution in [2.45, 2.75) is 31.4 Å². The maximum Gasteiger partial charge on any atom is 0.266 e. The molecular weight excluding hydrogens is 350 g/mol. The monoisotopic (exact) mass is 363 g/mol. The van der Waals surface area contributed by atoms with Crippen molar-refractivity contribution in [3.05, 3.63) is 28.9 Å². The molecule has 0 bridgehead atoms. The summed E-state index contributed by atoms with van der Waals surface area (Å²) < 4.78 is 33.6. The summed E-state index contributed by atoms with van der Waals surface area (Å²) in [5, 5.41) is 13.0. The fourth-order valence-electron chi connectivity index (χ4n) is 1.54. The molecule has 0 fully saturated rings. The molecule has 9 heteroatoms. The predicted octanol–water partition coefficient (Wildman–Crippen LogP) is 2.11. The van der Waals surface area contributed by atoms with Gasteiger partial charge in [0.15, 0.2) is 4.67 Å². The van der Waals surface area contributed by atoms with Crippen LogP contribution in [0, 0.1) is 0 Å². The van der Waals surface area contributed by atoms with Gasteiger partial charge in [-0.25, -0.2) is 8.42 Å². The minimum Gasteiger partial charge on any atom is -0.450 e. The molecule has 2 aromatic heterocycles. The summed E-state index contributed by atoms with van der Waals surface area (Å²) >= 11 is 3.02. The summed E-state index contributed by atoms with van der Waals surface area (Å²) in [6, 6.07) is 1.40. The van der Waals surface area contributed by atoms with Crippen LogP contribution in [0.4, 0.5) is 5.69 Å². The SMILES string of the molecule is CC(C)n1cc(NS(=O)(=O)c2cc(CO)oc2Br)cn1. The van der Waals surface area contributed by atoms with E-state index < -0.39 is 10.0 Å². The molecule has 0 radical (unpaired) electrons. The Balaban J connectivity index is 2.28. The molecule has 0 aromatic carbocycles. The number of nitrogens with zero attached hydrogens (tertiary/aromatic N) is 2. The second-order valence-electron chi connectivity index (χ2n) is 4.42. The Hall–Kier alpha value is -1.32. The third-order valence-electron chi connectivity index (χ3n) is 2.53. The summed E-state index contributed by atoms with van der Waals surface area (Å²) in [7, 11) is -3.80. The van der Waals surface area contributed by atoms with Gasteiger partial charge in [0.25, 0.3) is 10.0 Å². The molecule has 110 valence electrons. The van der Waals surface area contributed by atoms with Crippen molar-refractivity contribution < 1.29 is 17.9 Å². The van der Waals surface area contributed by atoms with Gasteiger partial charge in [0, 0.05) is 18.3 Å². The lowest BCUT2D eigenvalue weighted by atomic mass is 10.4. The highest BCUT2D eigenvalue weighted by Crippen LogP contribution is 2.28. The Labute approximate surface area is 124 Å². The van der Waals surface area contributed by atoms with Gasteiger partial charge in [-0.1, -0.05) is 0 Å². The van der Waals surface area contributed by atoms with Crippen LogP contribution in [0.3, 0.4) is 0 Å². The van der Waals surface area contributed by atoms with Gasteiger partial charge in [0.2, 0.25) is 0 Å². The van der Waals surface area contributed by atoms with Gasteiger partial charge in [0.1, 0.15) is 17.3 Å². The molecule has 0 unspecified atom stereocenters.